The van der Waals surface area contributed by atoms with E-state index in [0.29, 0.717) is 6.61 Å². The first-order chi connectivity index (χ1) is 11.1. The van der Waals surface area contributed by atoms with Crippen molar-refractivity contribution in [3.8, 4) is 5.75 Å². The number of aliphatic carboxylic acids is 1. The summed E-state index contributed by atoms with van der Waals surface area (Å²) in [5.41, 5.74) is 3.45. The van der Waals surface area contributed by atoms with Crippen molar-refractivity contribution in [3.05, 3.63) is 65.2 Å². The van der Waals surface area contributed by atoms with E-state index in [1.807, 2.05) is 36.4 Å². The highest BCUT2D eigenvalue weighted by molar-refractivity contribution is 5.79. The van der Waals surface area contributed by atoms with Gasteiger partial charge in [0.05, 0.1) is 5.92 Å². The summed E-state index contributed by atoms with van der Waals surface area (Å²) in [6.45, 7) is 2.59. The quantitative estimate of drug-likeness (QED) is 0.934. The van der Waals surface area contributed by atoms with Gasteiger partial charge < -0.3 is 9.84 Å². The van der Waals surface area contributed by atoms with E-state index >= 15 is 0 Å². The molecule has 3 atom stereocenters. The fourth-order valence-corrected chi connectivity index (χ4v) is 4.37. The molecule has 2 aromatic carbocycles. The molecule has 118 valence electrons. The van der Waals surface area contributed by atoms with E-state index in [1.54, 1.807) is 0 Å². The van der Waals surface area contributed by atoms with E-state index in [9.17, 15) is 9.90 Å². The van der Waals surface area contributed by atoms with Gasteiger partial charge in [-0.1, -0.05) is 43.3 Å². The average molecular weight is 308 g/mol. The molecule has 0 heterocycles. The molecule has 0 aliphatic heterocycles. The molecule has 0 amide bonds. The largest absolute Gasteiger partial charge is 0.489 e. The Balaban J connectivity index is 1.58. The Morgan fingerprint density at radius 3 is 2.74 bits per heavy atom. The lowest BCUT2D eigenvalue weighted by Crippen LogP contribution is -2.12. The summed E-state index contributed by atoms with van der Waals surface area (Å²) in [4.78, 5) is 11.5. The van der Waals surface area contributed by atoms with Gasteiger partial charge in [-0.2, -0.15) is 0 Å². The van der Waals surface area contributed by atoms with E-state index in [1.165, 1.54) is 11.1 Å². The second-order valence-corrected chi connectivity index (χ2v) is 6.74. The molecular weight excluding hydrogens is 288 g/mol. The van der Waals surface area contributed by atoms with Gasteiger partial charge in [0.1, 0.15) is 12.4 Å². The van der Waals surface area contributed by atoms with Crippen LogP contribution in [0, 0.1) is 11.8 Å². The molecule has 0 saturated heterocycles. The molecule has 1 spiro atoms. The number of aryl methyl sites for hydroxylation is 1. The first kappa shape index (κ1) is 14.3. The molecule has 2 aliphatic carbocycles. The molecule has 0 radical (unpaired) electrons. The molecular formula is C20H20O3. The fraction of sp³-hybridized carbons (Fsp3) is 0.350. The molecule has 23 heavy (non-hydrogen) atoms. The lowest BCUT2D eigenvalue weighted by Gasteiger charge is -2.13. The number of hydrogen-bond donors (Lipinski definition) is 1. The lowest BCUT2D eigenvalue weighted by atomic mass is 9.93. The van der Waals surface area contributed by atoms with Gasteiger partial charge in [-0.3, -0.25) is 4.79 Å². The van der Waals surface area contributed by atoms with E-state index in [4.69, 9.17) is 4.74 Å². The van der Waals surface area contributed by atoms with Crippen LogP contribution < -0.4 is 4.74 Å². The van der Waals surface area contributed by atoms with Crippen molar-refractivity contribution >= 4 is 5.97 Å². The first-order valence-corrected chi connectivity index (χ1v) is 8.16. The third kappa shape index (κ3) is 2.14. The van der Waals surface area contributed by atoms with Crippen molar-refractivity contribution in [2.75, 3.05) is 0 Å². The van der Waals surface area contributed by atoms with Crippen molar-refractivity contribution in [1.29, 1.82) is 0 Å². The van der Waals surface area contributed by atoms with Crippen molar-refractivity contribution < 1.29 is 14.6 Å². The molecule has 0 aromatic heterocycles. The zero-order valence-corrected chi connectivity index (χ0v) is 13.2. The smallest absolute Gasteiger partial charge is 0.307 e. The van der Waals surface area contributed by atoms with Gasteiger partial charge in [-0.25, -0.2) is 0 Å². The predicted octanol–water partition coefficient (Wildman–Crippen LogP) is 3.80. The highest BCUT2D eigenvalue weighted by Crippen LogP contribution is 2.66. The van der Waals surface area contributed by atoms with Crippen molar-refractivity contribution in [2.45, 2.75) is 31.8 Å². The molecule has 3 heteroatoms. The Morgan fingerprint density at radius 1 is 1.26 bits per heavy atom. The van der Waals surface area contributed by atoms with Crippen molar-refractivity contribution in [1.82, 2.24) is 0 Å². The normalized spacial score (nSPS) is 27.7. The summed E-state index contributed by atoms with van der Waals surface area (Å²) in [6.07, 6.45) is 1.92. The van der Waals surface area contributed by atoms with Crippen LogP contribution in [-0.4, -0.2) is 11.1 Å². The number of benzene rings is 2. The number of hydrogen-bond acceptors (Lipinski definition) is 2. The number of carboxylic acid groups (broad SMARTS) is 1. The highest BCUT2D eigenvalue weighted by atomic mass is 16.5. The minimum absolute atomic E-state index is 0.159. The highest BCUT2D eigenvalue weighted by Gasteiger charge is 2.68. The zero-order valence-electron chi connectivity index (χ0n) is 13.2. The number of carboxylic acids is 1. The van der Waals surface area contributed by atoms with Crippen LogP contribution in [0.5, 0.6) is 5.75 Å². The first-order valence-electron chi connectivity index (χ1n) is 8.16. The Kier molecular flexibility index (Phi) is 3.19. The third-order valence-corrected chi connectivity index (χ3v) is 5.66. The summed E-state index contributed by atoms with van der Waals surface area (Å²) in [5.74, 6) is 0.136. The van der Waals surface area contributed by atoms with Crippen molar-refractivity contribution in [3.63, 3.8) is 0 Å². The van der Waals surface area contributed by atoms with E-state index in [2.05, 4.69) is 19.1 Å². The predicted molar refractivity (Wildman–Crippen MR) is 87.5 cm³/mol. The maximum atomic E-state index is 11.5. The second-order valence-electron chi connectivity index (χ2n) is 6.74. The molecule has 4 rings (SSSR count). The minimum atomic E-state index is -0.666. The Labute approximate surface area is 135 Å². The average Bonchev–Trinajstić information content (AvgIpc) is 2.99. The Bertz CT molecular complexity index is 753. The van der Waals surface area contributed by atoms with Crippen LogP contribution in [0.3, 0.4) is 0 Å². The third-order valence-electron chi connectivity index (χ3n) is 5.66. The maximum absolute atomic E-state index is 11.5. The van der Waals surface area contributed by atoms with Crippen LogP contribution in [0.25, 0.3) is 0 Å². The zero-order chi connectivity index (χ0) is 16.0. The van der Waals surface area contributed by atoms with Gasteiger partial charge in [-0.15, -0.1) is 0 Å². The fourth-order valence-electron chi connectivity index (χ4n) is 4.37. The summed E-state index contributed by atoms with van der Waals surface area (Å²) >= 11 is 0. The molecule has 2 aromatic rings. The number of rotatable bonds is 4. The SMILES string of the molecule is CC1C(C(=O)O)C12CCc1ccc(OCc3ccccc3)cc12. The Morgan fingerprint density at radius 2 is 2.04 bits per heavy atom. The van der Waals surface area contributed by atoms with Crippen LogP contribution in [-0.2, 0) is 23.2 Å². The van der Waals surface area contributed by atoms with Gasteiger partial charge in [0, 0.05) is 5.41 Å². The second kappa shape index (κ2) is 5.12. The van der Waals surface area contributed by atoms with Gasteiger partial charge >= 0.3 is 5.97 Å². The van der Waals surface area contributed by atoms with Crippen molar-refractivity contribution in [2.24, 2.45) is 11.8 Å². The maximum Gasteiger partial charge on any atom is 0.307 e. The van der Waals surface area contributed by atoms with Gasteiger partial charge in [0.25, 0.3) is 0 Å². The molecule has 1 saturated carbocycles. The van der Waals surface area contributed by atoms with Gasteiger partial charge in [0.2, 0.25) is 0 Å². The topological polar surface area (TPSA) is 46.5 Å². The summed E-state index contributed by atoms with van der Waals surface area (Å²) < 4.78 is 5.92. The van der Waals surface area contributed by atoms with Gasteiger partial charge in [0.15, 0.2) is 0 Å². The van der Waals surface area contributed by atoms with Gasteiger partial charge in [-0.05, 0) is 47.6 Å². The standard InChI is InChI=1S/C20H20O3/c1-13-18(19(21)22)20(13)10-9-15-7-8-16(11-17(15)20)23-12-14-5-3-2-4-6-14/h2-8,11,13,18H,9-10,12H2,1H3,(H,21,22). The van der Waals surface area contributed by atoms with Crippen LogP contribution in [0.1, 0.15) is 30.0 Å². The summed E-state index contributed by atoms with van der Waals surface area (Å²) in [7, 11) is 0. The number of fused-ring (bicyclic) bond motifs is 2. The van der Waals surface area contributed by atoms with Crippen LogP contribution in [0.15, 0.2) is 48.5 Å². The minimum Gasteiger partial charge on any atom is -0.489 e. The van der Waals surface area contributed by atoms with E-state index in [-0.39, 0.29) is 17.3 Å². The molecule has 1 N–H and O–H groups in total. The molecule has 3 nitrogen and oxygen atoms in total. The van der Waals surface area contributed by atoms with E-state index in [0.717, 1.165) is 24.2 Å². The molecule has 3 unspecified atom stereocenters. The summed E-state index contributed by atoms with van der Waals surface area (Å²) in [6, 6.07) is 16.3. The number of ether oxygens (including phenoxy) is 1. The van der Waals surface area contributed by atoms with Crippen LogP contribution in [0.2, 0.25) is 0 Å². The monoisotopic (exact) mass is 308 g/mol. The van der Waals surface area contributed by atoms with Crippen LogP contribution >= 0.6 is 0 Å². The van der Waals surface area contributed by atoms with E-state index < -0.39 is 5.97 Å². The molecule has 1 fully saturated rings. The molecule has 2 aliphatic rings. The Hall–Kier alpha value is -2.29. The van der Waals surface area contributed by atoms with Crippen LogP contribution in [0.4, 0.5) is 0 Å². The number of carbonyl (C=O) groups is 1. The molecule has 0 bridgehead atoms. The lowest BCUT2D eigenvalue weighted by molar-refractivity contribution is -0.139. The summed E-state index contributed by atoms with van der Waals surface area (Å²) in [5, 5.41) is 9.46.